The highest BCUT2D eigenvalue weighted by Crippen LogP contribution is 2.20. The Morgan fingerprint density at radius 2 is 2.00 bits per heavy atom. The lowest BCUT2D eigenvalue weighted by molar-refractivity contribution is 0.0500. The Bertz CT molecular complexity index is 967. The molecule has 3 rings (SSSR count). The molecule has 32 heavy (non-hydrogen) atoms. The van der Waals surface area contributed by atoms with E-state index in [-0.39, 0.29) is 18.3 Å². The van der Waals surface area contributed by atoms with E-state index in [2.05, 4.69) is 10.4 Å². The normalized spacial score (nSPS) is 14.8. The van der Waals surface area contributed by atoms with Gasteiger partial charge in [0.25, 0.3) is 5.91 Å². The van der Waals surface area contributed by atoms with Gasteiger partial charge in [0.15, 0.2) is 5.78 Å². The Labute approximate surface area is 188 Å². The number of fused-ring (bicyclic) bond motifs is 1. The summed E-state index contributed by atoms with van der Waals surface area (Å²) in [7, 11) is 0. The van der Waals surface area contributed by atoms with Crippen molar-refractivity contribution in [3.05, 3.63) is 52.3 Å². The first kappa shape index (κ1) is 23.7. The summed E-state index contributed by atoms with van der Waals surface area (Å²) in [6, 6.07) is 6.52. The number of esters is 1. The number of Topliss-reactive ketones (excluding diaryl/α,β-unsaturated/α-hetero) is 1. The third-order valence-electron chi connectivity index (χ3n) is 5.41. The minimum atomic E-state index is -0.456. The maximum absolute atomic E-state index is 12.8. The first-order valence-corrected chi connectivity index (χ1v) is 11.2. The van der Waals surface area contributed by atoms with Gasteiger partial charge in [-0.3, -0.25) is 14.3 Å². The quantitative estimate of drug-likeness (QED) is 0.403. The number of hydrogen-bond acceptors (Lipinski definition) is 6. The Morgan fingerprint density at radius 1 is 1.22 bits per heavy atom. The van der Waals surface area contributed by atoms with Crippen LogP contribution in [0.3, 0.4) is 0 Å². The van der Waals surface area contributed by atoms with Gasteiger partial charge in [-0.05, 0) is 58.1 Å². The van der Waals surface area contributed by atoms with Gasteiger partial charge in [-0.25, -0.2) is 4.79 Å². The summed E-state index contributed by atoms with van der Waals surface area (Å²) >= 11 is 0. The van der Waals surface area contributed by atoms with E-state index in [0.717, 1.165) is 30.5 Å². The van der Waals surface area contributed by atoms with E-state index in [1.807, 2.05) is 6.92 Å². The van der Waals surface area contributed by atoms with Crippen molar-refractivity contribution in [2.24, 2.45) is 0 Å². The zero-order valence-electron chi connectivity index (χ0n) is 18.8. The summed E-state index contributed by atoms with van der Waals surface area (Å²) in [5.41, 5.74) is 3.29. The van der Waals surface area contributed by atoms with E-state index in [1.165, 1.54) is 6.92 Å². The van der Waals surface area contributed by atoms with Crippen LogP contribution in [0.5, 0.6) is 0 Å². The van der Waals surface area contributed by atoms with Gasteiger partial charge in [0.1, 0.15) is 5.69 Å². The first-order valence-electron chi connectivity index (χ1n) is 11.2. The van der Waals surface area contributed by atoms with Crippen molar-refractivity contribution in [2.45, 2.75) is 52.5 Å². The molecule has 0 unspecified atom stereocenters. The molecule has 0 bridgehead atoms. The SMILES string of the molecule is CCn1nc(CCCOC(=O)c2cccc(C(C)=O)c2)c2c1C(=O)NCCCOCCC2. The van der Waals surface area contributed by atoms with E-state index in [1.54, 1.807) is 28.9 Å². The van der Waals surface area contributed by atoms with Crippen molar-refractivity contribution in [3.63, 3.8) is 0 Å². The molecule has 2 heterocycles. The van der Waals surface area contributed by atoms with Crippen LogP contribution in [0.1, 0.15) is 75.6 Å². The number of amides is 1. The number of carbonyl (C=O) groups excluding carboxylic acids is 3. The van der Waals surface area contributed by atoms with E-state index in [9.17, 15) is 14.4 Å². The van der Waals surface area contributed by atoms with Gasteiger partial charge < -0.3 is 14.8 Å². The Hall–Kier alpha value is -3.00. The van der Waals surface area contributed by atoms with Gasteiger partial charge in [0.2, 0.25) is 0 Å². The fourth-order valence-electron chi connectivity index (χ4n) is 3.76. The lowest BCUT2D eigenvalue weighted by Crippen LogP contribution is -2.28. The van der Waals surface area contributed by atoms with Crippen LogP contribution in [0.2, 0.25) is 0 Å². The molecule has 8 nitrogen and oxygen atoms in total. The summed E-state index contributed by atoms with van der Waals surface area (Å²) in [6.07, 6.45) is 3.52. The largest absolute Gasteiger partial charge is 0.462 e. The van der Waals surface area contributed by atoms with Crippen molar-refractivity contribution < 1.29 is 23.9 Å². The number of ketones is 1. The maximum atomic E-state index is 12.8. The average Bonchev–Trinajstić information content (AvgIpc) is 3.13. The maximum Gasteiger partial charge on any atom is 0.338 e. The topological polar surface area (TPSA) is 99.5 Å². The number of nitrogens with zero attached hydrogens (tertiary/aromatic N) is 2. The molecular weight excluding hydrogens is 410 g/mol. The highest BCUT2D eigenvalue weighted by Gasteiger charge is 2.23. The lowest BCUT2D eigenvalue weighted by atomic mass is 10.0. The summed E-state index contributed by atoms with van der Waals surface area (Å²) in [6.45, 7) is 6.13. The fraction of sp³-hybridized carbons (Fsp3) is 0.500. The molecule has 8 heteroatoms. The number of nitrogens with one attached hydrogen (secondary N) is 1. The van der Waals surface area contributed by atoms with E-state index >= 15 is 0 Å². The van der Waals surface area contributed by atoms with Crippen LogP contribution in [-0.2, 0) is 28.9 Å². The first-order chi connectivity index (χ1) is 15.5. The molecule has 0 saturated heterocycles. The Morgan fingerprint density at radius 3 is 2.78 bits per heavy atom. The molecule has 0 radical (unpaired) electrons. The van der Waals surface area contributed by atoms with Crippen molar-refractivity contribution in [3.8, 4) is 0 Å². The van der Waals surface area contributed by atoms with E-state index < -0.39 is 5.97 Å². The van der Waals surface area contributed by atoms with Crippen LogP contribution in [-0.4, -0.2) is 53.8 Å². The second-order valence-electron chi connectivity index (χ2n) is 7.79. The predicted octanol–water partition coefficient (Wildman–Crippen LogP) is 2.98. The summed E-state index contributed by atoms with van der Waals surface area (Å²) in [5.74, 6) is -0.651. The van der Waals surface area contributed by atoms with Crippen LogP contribution >= 0.6 is 0 Å². The van der Waals surface area contributed by atoms with Crippen LogP contribution in [0.25, 0.3) is 0 Å². The van der Waals surface area contributed by atoms with Crippen molar-refractivity contribution in [1.29, 1.82) is 0 Å². The molecule has 1 aromatic heterocycles. The third kappa shape index (κ3) is 6.03. The molecule has 1 N–H and O–H groups in total. The number of aromatic nitrogens is 2. The van der Waals surface area contributed by atoms with Crippen molar-refractivity contribution in [2.75, 3.05) is 26.4 Å². The molecule has 0 fully saturated rings. The van der Waals surface area contributed by atoms with Gasteiger partial charge in [0.05, 0.1) is 17.9 Å². The number of benzene rings is 1. The lowest BCUT2D eigenvalue weighted by Gasteiger charge is -2.08. The third-order valence-corrected chi connectivity index (χ3v) is 5.41. The molecule has 1 aromatic carbocycles. The second-order valence-corrected chi connectivity index (χ2v) is 7.79. The van der Waals surface area contributed by atoms with Crippen LogP contribution < -0.4 is 5.32 Å². The molecule has 1 amide bonds. The minimum Gasteiger partial charge on any atom is -0.462 e. The Kier molecular flexibility index (Phi) is 8.56. The van der Waals surface area contributed by atoms with Gasteiger partial charge >= 0.3 is 5.97 Å². The molecule has 0 saturated carbocycles. The smallest absolute Gasteiger partial charge is 0.338 e. The Balaban J connectivity index is 1.64. The van der Waals surface area contributed by atoms with Gasteiger partial charge in [0, 0.05) is 37.4 Å². The monoisotopic (exact) mass is 441 g/mol. The molecule has 1 aliphatic heterocycles. The molecule has 0 spiro atoms. The standard InChI is InChI=1S/C24H31N3O5/c1-3-27-22-20(10-5-13-31-14-7-12-25-23(22)29)21(26-27)11-6-15-32-24(30)19-9-4-8-18(16-19)17(2)28/h4,8-9,16H,3,5-7,10-15H2,1-2H3,(H,25,29). The molecular formula is C24H31N3O5. The molecule has 0 aliphatic carbocycles. The number of carbonyl (C=O) groups is 3. The van der Waals surface area contributed by atoms with E-state index in [4.69, 9.17) is 9.47 Å². The average molecular weight is 442 g/mol. The molecule has 1 aliphatic rings. The number of aryl methyl sites for hydroxylation is 2. The highest BCUT2D eigenvalue weighted by molar-refractivity contribution is 5.97. The minimum absolute atomic E-state index is 0.0979. The van der Waals surface area contributed by atoms with Gasteiger partial charge in [-0.15, -0.1) is 0 Å². The summed E-state index contributed by atoms with van der Waals surface area (Å²) < 4.78 is 12.8. The fourth-order valence-corrected chi connectivity index (χ4v) is 3.76. The van der Waals surface area contributed by atoms with Crippen molar-refractivity contribution >= 4 is 17.7 Å². The number of hydrogen-bond donors (Lipinski definition) is 1. The van der Waals surface area contributed by atoms with Crippen LogP contribution in [0.4, 0.5) is 0 Å². The zero-order valence-corrected chi connectivity index (χ0v) is 18.8. The van der Waals surface area contributed by atoms with Gasteiger partial charge in [-0.2, -0.15) is 5.10 Å². The summed E-state index contributed by atoms with van der Waals surface area (Å²) in [4.78, 5) is 36.6. The number of ether oxygens (including phenoxy) is 2. The molecule has 2 aromatic rings. The zero-order chi connectivity index (χ0) is 22.9. The summed E-state index contributed by atoms with van der Waals surface area (Å²) in [5, 5.41) is 7.64. The van der Waals surface area contributed by atoms with Gasteiger partial charge in [-0.1, -0.05) is 12.1 Å². The molecule has 172 valence electrons. The highest BCUT2D eigenvalue weighted by atomic mass is 16.5. The van der Waals surface area contributed by atoms with Crippen LogP contribution in [0, 0.1) is 0 Å². The second kappa shape index (κ2) is 11.6. The number of rotatable bonds is 7. The van der Waals surface area contributed by atoms with Crippen LogP contribution in [0.15, 0.2) is 24.3 Å². The van der Waals surface area contributed by atoms with Crippen molar-refractivity contribution in [1.82, 2.24) is 15.1 Å². The van der Waals surface area contributed by atoms with E-state index in [0.29, 0.717) is 56.0 Å². The molecule has 0 atom stereocenters. The predicted molar refractivity (Wildman–Crippen MR) is 119 cm³/mol.